The molecule has 1 heterocycles. The number of aliphatic hydroxyl groups excluding tert-OH is 2. The highest BCUT2D eigenvalue weighted by atomic mass is 127. The molecule has 1 saturated heterocycles. The predicted molar refractivity (Wildman–Crippen MR) is 162 cm³/mol. The smallest absolute Gasteiger partial charge is 0.247 e. The summed E-state index contributed by atoms with van der Waals surface area (Å²) in [5, 5.41) is 23.8. The molecule has 230 valence electrons. The Kier molecular flexibility index (Phi) is 10.4. The van der Waals surface area contributed by atoms with Crippen molar-refractivity contribution in [1.29, 1.82) is 0 Å². The third-order valence-electron chi connectivity index (χ3n) is 9.32. The number of aliphatic hydroxyl groups is 2. The Labute approximate surface area is 260 Å². The molecule has 1 aliphatic heterocycles. The van der Waals surface area contributed by atoms with Crippen LogP contribution >= 0.6 is 22.6 Å². The van der Waals surface area contributed by atoms with Crippen LogP contribution in [-0.4, -0.2) is 91.0 Å². The van der Waals surface area contributed by atoms with Crippen LogP contribution in [0.4, 0.5) is 0 Å². The quantitative estimate of drug-likeness (QED) is 0.225. The van der Waals surface area contributed by atoms with Crippen LogP contribution in [-0.2, 0) is 14.3 Å². The van der Waals surface area contributed by atoms with E-state index < -0.39 is 18.2 Å². The van der Waals surface area contributed by atoms with Crippen molar-refractivity contribution < 1.29 is 38.8 Å². The Morgan fingerprint density at radius 2 is 2.07 bits per heavy atom. The Hall–Kier alpha value is -2.22. The lowest BCUT2D eigenvalue weighted by molar-refractivity contribution is -0.142. The zero-order chi connectivity index (χ0) is 29.8. The molecule has 1 aromatic carbocycles. The number of nitrogens with one attached hydrogen (secondary N) is 1. The number of amides is 2. The predicted octanol–water partition coefficient (Wildman–Crippen LogP) is 2.86. The van der Waals surface area contributed by atoms with Crippen molar-refractivity contribution in [2.75, 3.05) is 33.4 Å². The first-order valence-corrected chi connectivity index (χ1v) is 16.1. The second-order valence-electron chi connectivity index (χ2n) is 12.0. The van der Waals surface area contributed by atoms with Gasteiger partial charge in [-0.1, -0.05) is 6.42 Å². The minimum absolute atomic E-state index is 0.0228. The van der Waals surface area contributed by atoms with Crippen LogP contribution in [0.3, 0.4) is 0 Å². The summed E-state index contributed by atoms with van der Waals surface area (Å²) < 4.78 is 18.4. The van der Waals surface area contributed by atoms with E-state index in [2.05, 4.69) is 5.32 Å². The van der Waals surface area contributed by atoms with Gasteiger partial charge in [-0.05, 0) is 90.7 Å². The third kappa shape index (κ3) is 6.95. The molecule has 1 aromatic rings. The number of ether oxygens (including phenoxy) is 3. The summed E-state index contributed by atoms with van der Waals surface area (Å²) in [6, 6.07) is 2.49. The van der Waals surface area contributed by atoms with Crippen LogP contribution < -0.4 is 14.8 Å². The topological polar surface area (TPSA) is 135 Å². The number of rotatable bonds is 12. The first-order chi connectivity index (χ1) is 20.3. The van der Waals surface area contributed by atoms with Gasteiger partial charge in [0.2, 0.25) is 11.8 Å². The highest BCUT2D eigenvalue weighted by Crippen LogP contribution is 2.50. The molecule has 3 aliphatic carbocycles. The molecule has 3 N–H and O–H groups in total. The molecule has 42 heavy (non-hydrogen) atoms. The number of nitrogens with zero attached hydrogens (tertiary/aromatic N) is 1. The van der Waals surface area contributed by atoms with Crippen LogP contribution in [0.5, 0.6) is 11.5 Å². The summed E-state index contributed by atoms with van der Waals surface area (Å²) in [6.07, 6.45) is 7.08. The second-order valence-corrected chi connectivity index (χ2v) is 13.2. The molecule has 2 saturated carbocycles. The van der Waals surface area contributed by atoms with Crippen LogP contribution in [0.2, 0.25) is 0 Å². The Morgan fingerprint density at radius 1 is 1.24 bits per heavy atom. The number of halogens is 1. The largest absolute Gasteiger partial charge is 0.493 e. The number of benzene rings is 1. The van der Waals surface area contributed by atoms with E-state index in [0.29, 0.717) is 69.8 Å². The van der Waals surface area contributed by atoms with Crippen LogP contribution in [0.15, 0.2) is 23.8 Å². The van der Waals surface area contributed by atoms with Gasteiger partial charge in [-0.2, -0.15) is 0 Å². The van der Waals surface area contributed by atoms with E-state index in [4.69, 9.17) is 14.2 Å². The first kappa shape index (κ1) is 31.2. The van der Waals surface area contributed by atoms with Gasteiger partial charge in [0.25, 0.3) is 0 Å². The van der Waals surface area contributed by atoms with Gasteiger partial charge in [-0.15, -0.1) is 0 Å². The third-order valence-corrected chi connectivity index (χ3v) is 10.1. The zero-order valence-corrected chi connectivity index (χ0v) is 26.2. The molecule has 11 heteroatoms. The molecule has 5 rings (SSSR count). The van der Waals surface area contributed by atoms with Crippen molar-refractivity contribution in [3.05, 3.63) is 32.9 Å². The van der Waals surface area contributed by atoms with Crippen molar-refractivity contribution >= 4 is 40.7 Å². The summed E-state index contributed by atoms with van der Waals surface area (Å²) in [5.74, 6) is 1.89. The Balaban J connectivity index is 1.45. The van der Waals surface area contributed by atoms with Gasteiger partial charge in [0.1, 0.15) is 18.5 Å². The minimum atomic E-state index is -1.14. The highest BCUT2D eigenvalue weighted by Gasteiger charge is 2.45. The molecule has 10 nitrogen and oxygen atoms in total. The van der Waals surface area contributed by atoms with Crippen molar-refractivity contribution in [3.63, 3.8) is 0 Å². The molecule has 7 atom stereocenters. The average Bonchev–Trinajstić information content (AvgIpc) is 3.76. The van der Waals surface area contributed by atoms with E-state index in [0.717, 1.165) is 19.3 Å². The maximum absolute atomic E-state index is 14.1. The van der Waals surface area contributed by atoms with E-state index in [-0.39, 0.29) is 37.5 Å². The summed E-state index contributed by atoms with van der Waals surface area (Å²) in [5.41, 5.74) is 0.784. The normalized spacial score (nSPS) is 30.1. The molecule has 7 unspecified atom stereocenters. The SMILES string of the molecule is COc1cc(C=O)cc(I)c1OC1C=C(C(=O)NCCO)CC(N(CC2CCCO2)C(=O)CC2CC3CCC2C3)C1O. The van der Waals surface area contributed by atoms with Gasteiger partial charge in [-0.3, -0.25) is 14.4 Å². The molecule has 2 bridgehead atoms. The number of fused-ring (bicyclic) bond motifs is 2. The summed E-state index contributed by atoms with van der Waals surface area (Å²) >= 11 is 2.04. The summed E-state index contributed by atoms with van der Waals surface area (Å²) in [4.78, 5) is 40.4. The molecule has 0 spiro atoms. The van der Waals surface area contributed by atoms with Crippen molar-refractivity contribution in [3.8, 4) is 11.5 Å². The lowest BCUT2D eigenvalue weighted by Crippen LogP contribution is -2.56. The number of hydrogen-bond acceptors (Lipinski definition) is 8. The summed E-state index contributed by atoms with van der Waals surface area (Å²) in [6.45, 7) is 0.851. The molecule has 0 aromatic heterocycles. The molecule has 3 fully saturated rings. The summed E-state index contributed by atoms with van der Waals surface area (Å²) in [7, 11) is 1.47. The minimum Gasteiger partial charge on any atom is -0.493 e. The van der Waals surface area contributed by atoms with E-state index in [1.165, 1.54) is 26.4 Å². The maximum Gasteiger partial charge on any atom is 0.247 e. The lowest BCUT2D eigenvalue weighted by atomic mass is 9.84. The van der Waals surface area contributed by atoms with E-state index in [1.807, 2.05) is 22.6 Å². The van der Waals surface area contributed by atoms with Gasteiger partial charge in [-0.25, -0.2) is 0 Å². The molecule has 4 aliphatic rings. The number of carbonyl (C=O) groups is 3. The van der Waals surface area contributed by atoms with Crippen LogP contribution in [0.1, 0.15) is 61.7 Å². The van der Waals surface area contributed by atoms with E-state index in [1.54, 1.807) is 23.1 Å². The monoisotopic (exact) mass is 696 g/mol. The van der Waals surface area contributed by atoms with Gasteiger partial charge >= 0.3 is 0 Å². The van der Waals surface area contributed by atoms with Gasteiger partial charge < -0.3 is 34.6 Å². The Bertz CT molecular complexity index is 1190. The second kappa shape index (κ2) is 14.0. The van der Waals surface area contributed by atoms with Crippen molar-refractivity contribution in [2.24, 2.45) is 17.8 Å². The van der Waals surface area contributed by atoms with Crippen LogP contribution in [0.25, 0.3) is 0 Å². The molecular formula is C31H41IN2O8. The highest BCUT2D eigenvalue weighted by molar-refractivity contribution is 14.1. The number of methoxy groups -OCH3 is 1. The Morgan fingerprint density at radius 3 is 2.71 bits per heavy atom. The van der Waals surface area contributed by atoms with Gasteiger partial charge in [0.15, 0.2) is 11.5 Å². The van der Waals surface area contributed by atoms with Gasteiger partial charge in [0.05, 0.1) is 29.4 Å². The van der Waals surface area contributed by atoms with Crippen molar-refractivity contribution in [2.45, 2.75) is 75.7 Å². The van der Waals surface area contributed by atoms with Crippen LogP contribution in [0, 0.1) is 21.3 Å². The van der Waals surface area contributed by atoms with E-state index in [9.17, 15) is 24.6 Å². The fourth-order valence-corrected chi connectivity index (χ4v) is 7.99. The van der Waals surface area contributed by atoms with E-state index >= 15 is 0 Å². The lowest BCUT2D eigenvalue weighted by Gasteiger charge is -2.42. The molecule has 2 amide bonds. The number of hydrogen-bond donors (Lipinski definition) is 3. The number of carbonyl (C=O) groups excluding carboxylic acids is 3. The number of aldehydes is 1. The van der Waals surface area contributed by atoms with Gasteiger partial charge in [0, 0.05) is 43.7 Å². The standard InChI is InChI=1S/C31H41IN2O8/c1-40-27-12-19(17-36)11-24(32)30(27)42-26-14-22(31(39)33-6-7-35)13-25(29(26)38)34(16-23-3-2-8-41-23)28(37)15-21-10-18-4-5-20(21)9-18/h11-12,14,17-18,20-21,23,25-26,29,35,38H,2-10,13,15-16H2,1H3,(H,33,39). The van der Waals surface area contributed by atoms with Crippen molar-refractivity contribution in [1.82, 2.24) is 10.2 Å². The average molecular weight is 697 g/mol. The first-order valence-electron chi connectivity index (χ1n) is 15.0. The maximum atomic E-state index is 14.1. The fraction of sp³-hybridized carbons (Fsp3) is 0.645. The zero-order valence-electron chi connectivity index (χ0n) is 24.0. The molecular weight excluding hydrogens is 655 g/mol. The molecule has 0 radical (unpaired) electrons. The fourth-order valence-electron chi connectivity index (χ4n) is 7.24.